The summed E-state index contributed by atoms with van der Waals surface area (Å²) in [5.74, 6) is -2.32. The van der Waals surface area contributed by atoms with Crippen molar-refractivity contribution in [2.75, 3.05) is 7.11 Å². The van der Waals surface area contributed by atoms with Gasteiger partial charge in [-0.2, -0.15) is 0 Å². The summed E-state index contributed by atoms with van der Waals surface area (Å²) in [5.41, 5.74) is -1.50. The molecule has 0 aromatic heterocycles. The summed E-state index contributed by atoms with van der Waals surface area (Å²) in [4.78, 5) is 24.2. The van der Waals surface area contributed by atoms with Crippen LogP contribution in [0.15, 0.2) is 30.3 Å². The molecular formula is C17H18FNO4. The Balaban J connectivity index is 2.46. The van der Waals surface area contributed by atoms with Crippen molar-refractivity contribution in [2.24, 2.45) is 0 Å². The zero-order valence-corrected chi connectivity index (χ0v) is 13.1. The summed E-state index contributed by atoms with van der Waals surface area (Å²) in [6, 6.07) is 7.25. The molecule has 0 aliphatic carbocycles. The number of nitrogens with one attached hydrogen (secondary N) is 1. The third kappa shape index (κ3) is 2.97. The first-order valence-electron chi connectivity index (χ1n) is 7.15. The Kier molecular flexibility index (Phi) is 4.54. The molecule has 2 aromatic rings. The molecule has 0 radical (unpaired) electrons. The number of rotatable bonds is 4. The van der Waals surface area contributed by atoms with E-state index in [0.29, 0.717) is 0 Å². The van der Waals surface area contributed by atoms with Crippen LogP contribution < -0.4 is 5.32 Å². The number of benzene rings is 2. The third-order valence-electron chi connectivity index (χ3n) is 3.94. The van der Waals surface area contributed by atoms with Gasteiger partial charge in [0.15, 0.2) is 0 Å². The molecule has 1 atom stereocenters. The first-order chi connectivity index (χ1) is 10.8. The average Bonchev–Trinajstić information content (AvgIpc) is 2.57. The molecule has 2 aromatic carbocycles. The van der Waals surface area contributed by atoms with Crippen LogP contribution in [0.1, 0.15) is 30.6 Å². The van der Waals surface area contributed by atoms with Gasteiger partial charge in [0.1, 0.15) is 17.1 Å². The quantitative estimate of drug-likeness (QED) is 0.850. The van der Waals surface area contributed by atoms with Gasteiger partial charge in [-0.15, -0.1) is 0 Å². The van der Waals surface area contributed by atoms with Gasteiger partial charge in [0.2, 0.25) is 0 Å². The third-order valence-corrected chi connectivity index (χ3v) is 3.94. The summed E-state index contributed by atoms with van der Waals surface area (Å²) in [6.45, 7) is 3.21. The van der Waals surface area contributed by atoms with Crippen LogP contribution in [0, 0.1) is 5.82 Å². The summed E-state index contributed by atoms with van der Waals surface area (Å²) in [5, 5.41) is 13.2. The van der Waals surface area contributed by atoms with E-state index in [-0.39, 0.29) is 28.5 Å². The zero-order valence-electron chi connectivity index (χ0n) is 13.1. The van der Waals surface area contributed by atoms with E-state index < -0.39 is 23.2 Å². The highest BCUT2D eigenvalue weighted by Gasteiger charge is 2.35. The molecule has 122 valence electrons. The molecule has 5 nitrogen and oxygen atoms in total. The van der Waals surface area contributed by atoms with E-state index in [1.54, 1.807) is 19.1 Å². The lowest BCUT2D eigenvalue weighted by molar-refractivity contribution is -0.147. The topological polar surface area (TPSA) is 75.6 Å². The van der Waals surface area contributed by atoms with Gasteiger partial charge in [-0.1, -0.05) is 31.2 Å². The van der Waals surface area contributed by atoms with Gasteiger partial charge in [-0.25, -0.2) is 9.18 Å². The Bertz CT molecular complexity index is 775. The number of fused-ring (bicyclic) bond motifs is 1. The Labute approximate surface area is 133 Å². The number of phenolic OH excluding ortho intramolecular Hbond substituents is 1. The van der Waals surface area contributed by atoms with E-state index in [4.69, 9.17) is 0 Å². The summed E-state index contributed by atoms with van der Waals surface area (Å²) >= 11 is 0. The number of hydrogen-bond acceptors (Lipinski definition) is 4. The fourth-order valence-electron chi connectivity index (χ4n) is 2.32. The number of phenols is 1. The fourth-order valence-corrected chi connectivity index (χ4v) is 2.32. The maximum atomic E-state index is 14.1. The molecule has 0 saturated carbocycles. The van der Waals surface area contributed by atoms with E-state index in [1.165, 1.54) is 26.2 Å². The standard InChI is InChI=1S/C17H18FNO4/c1-4-17(2,16(22)23-3)19-15(21)12-9-13(18)10-7-5-6-8-11(10)14(12)20/h5-9,20H,4H2,1-3H3,(H,19,21)/t17-/m0/s1. The molecule has 0 saturated heterocycles. The van der Waals surface area contributed by atoms with Crippen molar-refractivity contribution < 1.29 is 23.8 Å². The molecule has 2 rings (SSSR count). The minimum atomic E-state index is -1.26. The van der Waals surface area contributed by atoms with Crippen molar-refractivity contribution in [3.63, 3.8) is 0 Å². The van der Waals surface area contributed by atoms with Crippen molar-refractivity contribution in [3.05, 3.63) is 41.7 Å². The van der Waals surface area contributed by atoms with Crippen molar-refractivity contribution in [1.29, 1.82) is 0 Å². The second kappa shape index (κ2) is 6.24. The Hall–Kier alpha value is -2.63. The van der Waals surface area contributed by atoms with Gasteiger partial charge in [-0.3, -0.25) is 4.79 Å². The highest BCUT2D eigenvalue weighted by atomic mass is 19.1. The first kappa shape index (κ1) is 16.7. The molecule has 0 spiro atoms. The lowest BCUT2D eigenvalue weighted by Crippen LogP contribution is -2.52. The molecule has 0 fully saturated rings. The first-order valence-corrected chi connectivity index (χ1v) is 7.15. The summed E-state index contributed by atoms with van der Waals surface area (Å²) in [7, 11) is 1.22. The number of halogens is 1. The molecule has 0 bridgehead atoms. The lowest BCUT2D eigenvalue weighted by Gasteiger charge is -2.26. The van der Waals surface area contributed by atoms with Crippen LogP contribution >= 0.6 is 0 Å². The van der Waals surface area contributed by atoms with Crippen molar-refractivity contribution in [2.45, 2.75) is 25.8 Å². The second-order valence-electron chi connectivity index (χ2n) is 5.43. The maximum Gasteiger partial charge on any atom is 0.331 e. The highest BCUT2D eigenvalue weighted by Crippen LogP contribution is 2.31. The van der Waals surface area contributed by atoms with Crippen LogP contribution in [0.5, 0.6) is 5.75 Å². The van der Waals surface area contributed by atoms with E-state index in [2.05, 4.69) is 10.1 Å². The van der Waals surface area contributed by atoms with Gasteiger partial charge >= 0.3 is 5.97 Å². The molecule has 23 heavy (non-hydrogen) atoms. The van der Waals surface area contributed by atoms with Gasteiger partial charge in [-0.05, 0) is 19.4 Å². The van der Waals surface area contributed by atoms with Crippen LogP contribution in [0.2, 0.25) is 0 Å². The van der Waals surface area contributed by atoms with E-state index in [9.17, 15) is 19.1 Å². The van der Waals surface area contributed by atoms with Crippen LogP contribution in [-0.2, 0) is 9.53 Å². The molecule has 0 aliphatic heterocycles. The minimum Gasteiger partial charge on any atom is -0.506 e. The maximum absolute atomic E-state index is 14.1. The smallest absolute Gasteiger partial charge is 0.331 e. The lowest BCUT2D eigenvalue weighted by atomic mass is 9.97. The number of carbonyl (C=O) groups is 2. The van der Waals surface area contributed by atoms with Crippen molar-refractivity contribution in [3.8, 4) is 5.75 Å². The Morgan fingerprint density at radius 2 is 1.91 bits per heavy atom. The molecule has 2 N–H and O–H groups in total. The summed E-state index contributed by atoms with van der Waals surface area (Å²) in [6.07, 6.45) is 0.280. The Morgan fingerprint density at radius 1 is 1.30 bits per heavy atom. The van der Waals surface area contributed by atoms with E-state index in [0.717, 1.165) is 6.07 Å². The molecule has 1 amide bonds. The Morgan fingerprint density at radius 3 is 2.48 bits per heavy atom. The highest BCUT2D eigenvalue weighted by molar-refractivity contribution is 6.05. The minimum absolute atomic E-state index is 0.216. The van der Waals surface area contributed by atoms with Crippen LogP contribution in [0.4, 0.5) is 4.39 Å². The van der Waals surface area contributed by atoms with E-state index >= 15 is 0 Å². The number of aromatic hydroxyl groups is 1. The normalized spacial score (nSPS) is 13.4. The van der Waals surface area contributed by atoms with Gasteiger partial charge < -0.3 is 15.2 Å². The van der Waals surface area contributed by atoms with Crippen LogP contribution in [0.25, 0.3) is 10.8 Å². The number of carbonyl (C=O) groups excluding carboxylic acids is 2. The zero-order chi connectivity index (χ0) is 17.2. The molecular weight excluding hydrogens is 301 g/mol. The predicted octanol–water partition coefficient (Wildman–Crippen LogP) is 2.76. The average molecular weight is 319 g/mol. The number of hydrogen-bond donors (Lipinski definition) is 2. The van der Waals surface area contributed by atoms with Gasteiger partial charge in [0.25, 0.3) is 5.91 Å². The monoisotopic (exact) mass is 319 g/mol. The predicted molar refractivity (Wildman–Crippen MR) is 83.7 cm³/mol. The summed E-state index contributed by atoms with van der Waals surface area (Å²) < 4.78 is 18.8. The van der Waals surface area contributed by atoms with Gasteiger partial charge in [0.05, 0.1) is 12.7 Å². The molecule has 0 unspecified atom stereocenters. The van der Waals surface area contributed by atoms with Crippen LogP contribution in [0.3, 0.4) is 0 Å². The molecule has 0 aliphatic rings. The molecule has 6 heteroatoms. The number of methoxy groups -OCH3 is 1. The number of ether oxygens (including phenoxy) is 1. The van der Waals surface area contributed by atoms with E-state index in [1.807, 2.05) is 0 Å². The fraction of sp³-hybridized carbons (Fsp3) is 0.294. The van der Waals surface area contributed by atoms with Crippen molar-refractivity contribution in [1.82, 2.24) is 5.32 Å². The van der Waals surface area contributed by atoms with Crippen molar-refractivity contribution >= 4 is 22.6 Å². The molecule has 0 heterocycles. The number of amides is 1. The largest absolute Gasteiger partial charge is 0.506 e. The SMILES string of the molecule is CC[C@](C)(NC(=O)c1cc(F)c2ccccc2c1O)C(=O)OC. The number of esters is 1. The van der Waals surface area contributed by atoms with Gasteiger partial charge in [0, 0.05) is 10.8 Å². The van der Waals surface area contributed by atoms with Crippen LogP contribution in [-0.4, -0.2) is 29.6 Å². The second-order valence-corrected chi connectivity index (χ2v) is 5.43.